The number of non-ortho nitro benzene ring substituents is 1. The molecule has 0 aromatic heterocycles. The van der Waals surface area contributed by atoms with Crippen LogP contribution in [0.2, 0.25) is 5.04 Å². The van der Waals surface area contributed by atoms with Crippen molar-refractivity contribution in [3.05, 3.63) is 137 Å². The lowest BCUT2D eigenvalue weighted by Crippen LogP contribution is -2.68. The van der Waals surface area contributed by atoms with Gasteiger partial charge in [0, 0.05) is 29.6 Å². The number of nitrogens with zero attached hydrogens (tertiary/aromatic N) is 1. The van der Waals surface area contributed by atoms with Gasteiger partial charge in [-0.25, -0.2) is 9.59 Å². The number of carboxylic acids is 1. The predicted molar refractivity (Wildman–Crippen MR) is 300 cm³/mol. The Balaban J connectivity index is 1.63. The van der Waals surface area contributed by atoms with Gasteiger partial charge in [-0.05, 0) is 51.0 Å². The number of nitrogens with one attached hydrogen (secondary N) is 6. The average Bonchev–Trinajstić information content (AvgIpc) is 3.63. The number of ether oxygens (including phenoxy) is 3. The van der Waals surface area contributed by atoms with Gasteiger partial charge in [0.25, 0.3) is 14.0 Å². The fourth-order valence-corrected chi connectivity index (χ4v) is 14.5. The van der Waals surface area contributed by atoms with E-state index in [2.05, 4.69) is 31.9 Å². The summed E-state index contributed by atoms with van der Waals surface area (Å²) in [4.78, 5) is 123. The molecular formula is C56H71N7O15SSi. The molecule has 1 saturated heterocycles. The van der Waals surface area contributed by atoms with Gasteiger partial charge in [-0.2, -0.15) is 11.8 Å². The summed E-state index contributed by atoms with van der Waals surface area (Å²) in [5.41, 5.74) is 0.908. The van der Waals surface area contributed by atoms with Crippen molar-refractivity contribution in [2.24, 2.45) is 5.92 Å². The van der Waals surface area contributed by atoms with Crippen LogP contribution in [0.5, 0.6) is 0 Å². The van der Waals surface area contributed by atoms with Gasteiger partial charge in [0.05, 0.1) is 31.9 Å². The first kappa shape index (κ1) is 63.2. The molecule has 0 aliphatic carbocycles. The predicted octanol–water partition coefficient (Wildman–Crippen LogP) is 3.63. The maximum absolute atomic E-state index is 15.2. The molecule has 0 radical (unpaired) electrons. The summed E-state index contributed by atoms with van der Waals surface area (Å²) in [6.45, 7) is 9.40. The molecule has 22 nitrogen and oxygen atoms in total. The van der Waals surface area contributed by atoms with Gasteiger partial charge in [-0.3, -0.25) is 38.9 Å². The zero-order chi connectivity index (χ0) is 58.6. The Morgan fingerprint density at radius 3 is 1.81 bits per heavy atom. The zero-order valence-corrected chi connectivity index (χ0v) is 47.6. The molecule has 1 fully saturated rings. The molecule has 8 atom stereocenters. The highest BCUT2D eigenvalue weighted by Gasteiger charge is 2.51. The molecule has 6 amide bonds. The van der Waals surface area contributed by atoms with Crippen LogP contribution in [0, 0.1) is 16.0 Å². The molecule has 1 aliphatic heterocycles. The fraction of sp³-hybridized carbons (Fsp3) is 0.429. The number of alkyl carbamates (subject to hydrolysis) is 1. The number of aliphatic carboxylic acids is 1. The second-order valence-electron chi connectivity index (χ2n) is 20.2. The molecule has 24 heteroatoms. The Morgan fingerprint density at radius 2 is 1.26 bits per heavy atom. The molecule has 1 heterocycles. The van der Waals surface area contributed by atoms with Crippen LogP contribution in [0.1, 0.15) is 71.9 Å². The van der Waals surface area contributed by atoms with Crippen LogP contribution in [0.25, 0.3) is 0 Å². The normalized spacial score (nSPS) is 21.3. The second-order valence-corrected chi connectivity index (χ2v) is 25.9. The van der Waals surface area contributed by atoms with E-state index in [0.717, 1.165) is 29.2 Å². The van der Waals surface area contributed by atoms with Gasteiger partial charge in [0.2, 0.25) is 29.5 Å². The van der Waals surface area contributed by atoms with Gasteiger partial charge in [-0.1, -0.05) is 139 Å². The third-order valence-corrected chi connectivity index (χ3v) is 19.8. The van der Waals surface area contributed by atoms with E-state index in [0.29, 0.717) is 17.5 Å². The summed E-state index contributed by atoms with van der Waals surface area (Å²) >= 11 is 0.898. The molecule has 0 spiro atoms. The molecule has 0 bridgehead atoms. The minimum absolute atomic E-state index is 0.181. The first-order chi connectivity index (χ1) is 38.1. The fourth-order valence-electron chi connectivity index (χ4n) is 8.81. The number of amides is 6. The lowest BCUT2D eigenvalue weighted by molar-refractivity contribution is -0.384. The van der Waals surface area contributed by atoms with Crippen molar-refractivity contribution < 1.29 is 67.0 Å². The third kappa shape index (κ3) is 17.7. The van der Waals surface area contributed by atoms with Gasteiger partial charge >= 0.3 is 18.0 Å². The number of esters is 1. The summed E-state index contributed by atoms with van der Waals surface area (Å²) in [5, 5.41) is 37.5. The molecule has 1 aliphatic rings. The van der Waals surface area contributed by atoms with Gasteiger partial charge < -0.3 is 55.6 Å². The Kier molecular flexibility index (Phi) is 23.7. The molecule has 0 saturated carbocycles. The minimum atomic E-state index is -3.51. The number of hydrogen-bond donors (Lipinski definition) is 7. The highest BCUT2D eigenvalue weighted by atomic mass is 32.2. The van der Waals surface area contributed by atoms with Gasteiger partial charge in [-0.15, -0.1) is 0 Å². The van der Waals surface area contributed by atoms with E-state index < -0.39 is 139 Å². The Labute approximate surface area is 469 Å². The number of benzene rings is 4. The van der Waals surface area contributed by atoms with E-state index in [4.69, 9.17) is 18.6 Å². The Hall–Kier alpha value is -7.67. The highest BCUT2D eigenvalue weighted by molar-refractivity contribution is 8.00. The molecule has 5 rings (SSSR count). The van der Waals surface area contributed by atoms with Crippen molar-refractivity contribution in [3.8, 4) is 0 Å². The van der Waals surface area contributed by atoms with E-state index in [1.54, 1.807) is 44.2 Å². The Bertz CT molecular complexity index is 2720. The van der Waals surface area contributed by atoms with Crippen LogP contribution in [-0.4, -0.2) is 133 Å². The first-order valence-corrected chi connectivity index (χ1v) is 29.0. The van der Waals surface area contributed by atoms with Crippen molar-refractivity contribution >= 4 is 83.7 Å². The average molecular weight is 1140 g/mol. The van der Waals surface area contributed by atoms with Crippen molar-refractivity contribution in [2.45, 2.75) is 121 Å². The molecule has 80 heavy (non-hydrogen) atoms. The summed E-state index contributed by atoms with van der Waals surface area (Å²) in [6.07, 6.45) is -1.56. The lowest BCUT2D eigenvalue weighted by Gasteiger charge is -2.43. The molecular weight excluding hydrogens is 1070 g/mol. The van der Waals surface area contributed by atoms with E-state index in [-0.39, 0.29) is 24.7 Å². The van der Waals surface area contributed by atoms with Crippen molar-refractivity contribution in [1.29, 1.82) is 0 Å². The molecule has 430 valence electrons. The van der Waals surface area contributed by atoms with Crippen LogP contribution >= 0.6 is 11.8 Å². The van der Waals surface area contributed by atoms with Crippen molar-refractivity contribution in [3.63, 3.8) is 0 Å². The number of rotatable bonds is 19. The van der Waals surface area contributed by atoms with Crippen LogP contribution in [0.3, 0.4) is 0 Å². The van der Waals surface area contributed by atoms with Crippen molar-refractivity contribution in [1.82, 2.24) is 31.9 Å². The van der Waals surface area contributed by atoms with Crippen LogP contribution in [0.15, 0.2) is 115 Å². The van der Waals surface area contributed by atoms with Crippen LogP contribution in [0.4, 0.5) is 10.5 Å². The summed E-state index contributed by atoms with van der Waals surface area (Å²) in [6, 6.07) is 23.4. The van der Waals surface area contributed by atoms with Crippen LogP contribution in [-0.2, 0) is 65.4 Å². The quantitative estimate of drug-likeness (QED) is 0.0305. The third-order valence-electron chi connectivity index (χ3n) is 13.5. The van der Waals surface area contributed by atoms with E-state index in [1.165, 1.54) is 31.2 Å². The number of nitro groups is 1. The van der Waals surface area contributed by atoms with Crippen molar-refractivity contribution in [2.75, 3.05) is 26.1 Å². The largest absolute Gasteiger partial charge is 0.480 e. The maximum Gasteiger partial charge on any atom is 0.408 e. The lowest BCUT2D eigenvalue weighted by atomic mass is 9.97. The monoisotopic (exact) mass is 1140 g/mol. The number of carboxylic acid groups (broad SMARTS) is 1. The zero-order valence-electron chi connectivity index (χ0n) is 45.8. The number of thioether (sulfide) groups is 1. The summed E-state index contributed by atoms with van der Waals surface area (Å²) in [5.74, 6) is -8.02. The second kappa shape index (κ2) is 30.1. The minimum Gasteiger partial charge on any atom is -0.480 e. The molecule has 4 aromatic carbocycles. The number of hydrogen-bond acceptors (Lipinski definition) is 15. The highest BCUT2D eigenvalue weighted by Crippen LogP contribution is 2.37. The van der Waals surface area contributed by atoms with Crippen LogP contribution < -0.4 is 42.3 Å². The van der Waals surface area contributed by atoms with Gasteiger partial charge in [0.1, 0.15) is 42.9 Å². The summed E-state index contributed by atoms with van der Waals surface area (Å²) < 4.78 is 23.5. The van der Waals surface area contributed by atoms with E-state index in [9.17, 15) is 44.0 Å². The van der Waals surface area contributed by atoms with E-state index >= 15 is 9.59 Å². The number of nitro benzene ring substituents is 1. The molecule has 7 N–H and O–H groups in total. The topological polar surface area (TPSA) is 309 Å². The molecule has 4 aromatic rings. The number of carbonyl (C=O) groups excluding carboxylic acids is 7. The standard InChI is InChI=1S/C56H71N7O15SSi/c1-8-35(2)47-52(68)60-45(54(70)71)34-79-36(3)48(62-55(72)77-31-37-18-12-9-13-19-37)53(69)59-44(33-78-80(56(4,5)6,40-20-14-10-15-21-40)41-22-16-11-17-23-41)50(66)57-42(28-29-46(64)75-7)49(65)58-43(51(67)61-47)32-76-30-38-24-26-39(27-25-38)63(73)74/h9-27,35-36,42-45,47-48H,8,28-34H2,1-7H3,(H,57,66)(H,58,65)(H,59,69)(H,60,68)(H,61,67)(H,62,72)(H,70,71)/t35-,36+,42+,43?,44+,45?,47+,48-/m1/s1. The Morgan fingerprint density at radius 1 is 0.738 bits per heavy atom. The van der Waals surface area contributed by atoms with E-state index in [1.807, 2.05) is 81.4 Å². The SMILES string of the molecule is CC[C@@H](C)[C@@H]1NC(=O)C(COCc2ccc([N+](=O)[O-])cc2)NC(=O)[C@H](CCC(=O)OC)NC(=O)[C@H](CO[Si](c2ccccc2)(c2ccccc2)C(C)(C)C)NC(=O)[C@H](NC(=O)OCc2ccccc2)[C@H](C)SCC(C(=O)O)NC1=O. The summed E-state index contributed by atoms with van der Waals surface area (Å²) in [7, 11) is -2.38. The first-order valence-electron chi connectivity index (χ1n) is 26.0. The molecule has 2 unspecified atom stereocenters. The smallest absolute Gasteiger partial charge is 0.408 e. The maximum atomic E-state index is 15.2. The number of carbonyl (C=O) groups is 8. The number of methoxy groups -OCH3 is 1. The van der Waals surface area contributed by atoms with Gasteiger partial charge in [0.15, 0.2) is 0 Å².